The van der Waals surface area contributed by atoms with Crippen LogP contribution in [0.15, 0.2) is 54.7 Å². The third-order valence-electron chi connectivity index (χ3n) is 4.88. The van der Waals surface area contributed by atoms with Crippen molar-refractivity contribution in [3.05, 3.63) is 60.4 Å². The molecule has 3 rings (SSSR count). The van der Waals surface area contributed by atoms with Gasteiger partial charge in [-0.1, -0.05) is 30.3 Å². The van der Waals surface area contributed by atoms with Crippen LogP contribution < -0.4 is 10.6 Å². The monoisotopic (exact) mass is 391 g/mol. The number of carbonyl (C=O) groups excluding carboxylic acids is 1. The molecule has 0 unspecified atom stereocenters. The SMILES string of the molecule is CC(C)N(CCNC(=O)c1cccc(Nc2nccc3ccccc23)n1)C(C)C. The van der Waals surface area contributed by atoms with Crippen LogP contribution in [0.1, 0.15) is 38.2 Å². The Bertz CT molecular complexity index is 957. The zero-order valence-corrected chi connectivity index (χ0v) is 17.5. The molecule has 0 bridgehead atoms. The molecule has 2 aromatic heterocycles. The lowest BCUT2D eigenvalue weighted by Crippen LogP contribution is -2.42. The van der Waals surface area contributed by atoms with Gasteiger partial charge in [-0.05, 0) is 51.3 Å². The van der Waals surface area contributed by atoms with Gasteiger partial charge in [-0.2, -0.15) is 0 Å². The Kier molecular flexibility index (Phi) is 6.77. The second-order valence-electron chi connectivity index (χ2n) is 7.59. The number of hydrogen-bond donors (Lipinski definition) is 2. The fourth-order valence-corrected chi connectivity index (χ4v) is 3.47. The van der Waals surface area contributed by atoms with Gasteiger partial charge in [0.2, 0.25) is 0 Å². The van der Waals surface area contributed by atoms with E-state index in [0.29, 0.717) is 30.1 Å². The van der Waals surface area contributed by atoms with E-state index < -0.39 is 0 Å². The van der Waals surface area contributed by atoms with Gasteiger partial charge >= 0.3 is 0 Å². The van der Waals surface area contributed by atoms with Crippen molar-refractivity contribution in [2.24, 2.45) is 0 Å². The van der Waals surface area contributed by atoms with Crippen molar-refractivity contribution in [1.82, 2.24) is 20.2 Å². The van der Waals surface area contributed by atoms with Crippen molar-refractivity contribution < 1.29 is 4.79 Å². The summed E-state index contributed by atoms with van der Waals surface area (Å²) in [7, 11) is 0. The highest BCUT2D eigenvalue weighted by molar-refractivity contribution is 5.94. The molecule has 0 aliphatic carbocycles. The topological polar surface area (TPSA) is 70.2 Å². The van der Waals surface area contributed by atoms with Gasteiger partial charge in [0.05, 0.1) is 0 Å². The second-order valence-corrected chi connectivity index (χ2v) is 7.59. The molecule has 0 aliphatic heterocycles. The lowest BCUT2D eigenvalue weighted by molar-refractivity contribution is 0.0934. The molecule has 2 N–H and O–H groups in total. The van der Waals surface area contributed by atoms with Crippen LogP contribution in [-0.4, -0.2) is 45.9 Å². The first-order valence-electron chi connectivity index (χ1n) is 10.1. The first-order chi connectivity index (χ1) is 14.0. The molecule has 0 fully saturated rings. The number of benzene rings is 1. The first kappa shape index (κ1) is 20.7. The van der Waals surface area contributed by atoms with E-state index in [-0.39, 0.29) is 5.91 Å². The van der Waals surface area contributed by atoms with Crippen LogP contribution in [-0.2, 0) is 0 Å². The van der Waals surface area contributed by atoms with E-state index in [1.165, 1.54) is 0 Å². The summed E-state index contributed by atoms with van der Waals surface area (Å²) in [5.41, 5.74) is 0.385. The van der Waals surface area contributed by atoms with E-state index in [2.05, 4.69) is 53.2 Å². The minimum absolute atomic E-state index is 0.174. The fourth-order valence-electron chi connectivity index (χ4n) is 3.47. The Morgan fingerprint density at radius 3 is 2.52 bits per heavy atom. The Morgan fingerprint density at radius 2 is 1.76 bits per heavy atom. The number of nitrogens with zero attached hydrogens (tertiary/aromatic N) is 3. The van der Waals surface area contributed by atoms with Crippen LogP contribution in [0.5, 0.6) is 0 Å². The highest BCUT2D eigenvalue weighted by atomic mass is 16.1. The largest absolute Gasteiger partial charge is 0.349 e. The lowest BCUT2D eigenvalue weighted by atomic mass is 10.1. The highest BCUT2D eigenvalue weighted by Crippen LogP contribution is 2.23. The predicted octanol–water partition coefficient (Wildman–Crippen LogP) is 4.22. The van der Waals surface area contributed by atoms with Crippen LogP contribution in [0, 0.1) is 0 Å². The minimum atomic E-state index is -0.174. The quantitative estimate of drug-likeness (QED) is 0.602. The summed E-state index contributed by atoms with van der Waals surface area (Å²) in [4.78, 5) is 23.8. The van der Waals surface area contributed by atoms with E-state index >= 15 is 0 Å². The number of amides is 1. The van der Waals surface area contributed by atoms with Crippen LogP contribution in [0.3, 0.4) is 0 Å². The summed E-state index contributed by atoms with van der Waals surface area (Å²) in [6, 6.07) is 16.2. The molecule has 3 aromatic rings. The van der Waals surface area contributed by atoms with E-state index in [4.69, 9.17) is 0 Å². The standard InChI is InChI=1S/C23H29N5O/c1-16(2)28(17(3)4)15-14-25-23(29)20-10-7-11-21(26-20)27-22-19-9-6-5-8-18(19)12-13-24-22/h5-13,16-17H,14-15H2,1-4H3,(H,25,29)(H,24,26,27). The maximum atomic E-state index is 12.5. The summed E-state index contributed by atoms with van der Waals surface area (Å²) in [6.45, 7) is 10.1. The van der Waals surface area contributed by atoms with Gasteiger partial charge in [-0.25, -0.2) is 9.97 Å². The molecule has 6 nitrogen and oxygen atoms in total. The highest BCUT2D eigenvalue weighted by Gasteiger charge is 2.14. The van der Waals surface area contributed by atoms with Gasteiger partial charge in [-0.15, -0.1) is 0 Å². The molecule has 0 radical (unpaired) electrons. The van der Waals surface area contributed by atoms with Crippen molar-refractivity contribution in [3.63, 3.8) is 0 Å². The van der Waals surface area contributed by atoms with E-state index in [1.807, 2.05) is 42.5 Å². The molecule has 0 saturated carbocycles. The number of aromatic nitrogens is 2. The van der Waals surface area contributed by atoms with Gasteiger partial charge in [0.25, 0.3) is 5.91 Å². The molecule has 29 heavy (non-hydrogen) atoms. The smallest absolute Gasteiger partial charge is 0.270 e. The Balaban J connectivity index is 1.67. The first-order valence-corrected chi connectivity index (χ1v) is 10.1. The van der Waals surface area contributed by atoms with Gasteiger partial charge < -0.3 is 10.6 Å². The molecular formula is C23H29N5O. The number of fused-ring (bicyclic) bond motifs is 1. The maximum Gasteiger partial charge on any atom is 0.270 e. The van der Waals surface area contributed by atoms with Crippen molar-refractivity contribution in [2.75, 3.05) is 18.4 Å². The summed E-state index contributed by atoms with van der Waals surface area (Å²) >= 11 is 0. The van der Waals surface area contributed by atoms with Crippen LogP contribution >= 0.6 is 0 Å². The lowest BCUT2D eigenvalue weighted by Gasteiger charge is -2.30. The molecule has 0 spiro atoms. The van der Waals surface area contributed by atoms with E-state index in [0.717, 1.165) is 23.1 Å². The number of anilines is 2. The number of nitrogens with one attached hydrogen (secondary N) is 2. The minimum Gasteiger partial charge on any atom is -0.349 e. The van der Waals surface area contributed by atoms with Crippen molar-refractivity contribution in [2.45, 2.75) is 39.8 Å². The van der Waals surface area contributed by atoms with Crippen LogP contribution in [0.4, 0.5) is 11.6 Å². The molecule has 152 valence electrons. The van der Waals surface area contributed by atoms with Crippen molar-refractivity contribution >= 4 is 28.3 Å². The molecule has 0 saturated heterocycles. The molecule has 1 aromatic carbocycles. The number of rotatable bonds is 8. The maximum absolute atomic E-state index is 12.5. The Morgan fingerprint density at radius 1 is 1.00 bits per heavy atom. The molecule has 6 heteroatoms. The van der Waals surface area contributed by atoms with Gasteiger partial charge in [0.1, 0.15) is 17.3 Å². The average molecular weight is 392 g/mol. The second kappa shape index (κ2) is 9.47. The number of pyridine rings is 2. The summed E-state index contributed by atoms with van der Waals surface area (Å²) in [5.74, 6) is 1.14. The summed E-state index contributed by atoms with van der Waals surface area (Å²) < 4.78 is 0. The van der Waals surface area contributed by atoms with Gasteiger partial charge in [0.15, 0.2) is 0 Å². The van der Waals surface area contributed by atoms with Crippen molar-refractivity contribution in [1.29, 1.82) is 0 Å². The molecule has 0 aliphatic rings. The Labute approximate surface area is 172 Å². The number of carbonyl (C=O) groups is 1. The molecule has 1 amide bonds. The van der Waals surface area contributed by atoms with Gasteiger partial charge in [-0.3, -0.25) is 9.69 Å². The Hall–Kier alpha value is -2.99. The average Bonchev–Trinajstić information content (AvgIpc) is 2.71. The summed E-state index contributed by atoms with van der Waals surface area (Å²) in [6.07, 6.45) is 1.76. The van der Waals surface area contributed by atoms with Crippen LogP contribution in [0.25, 0.3) is 10.8 Å². The van der Waals surface area contributed by atoms with E-state index in [1.54, 1.807) is 12.3 Å². The number of hydrogen-bond acceptors (Lipinski definition) is 5. The molecule has 0 atom stereocenters. The van der Waals surface area contributed by atoms with Crippen molar-refractivity contribution in [3.8, 4) is 0 Å². The zero-order valence-electron chi connectivity index (χ0n) is 17.5. The van der Waals surface area contributed by atoms with Crippen LogP contribution in [0.2, 0.25) is 0 Å². The molecular weight excluding hydrogens is 362 g/mol. The third kappa shape index (κ3) is 5.29. The molecule has 2 heterocycles. The predicted molar refractivity (Wildman–Crippen MR) is 119 cm³/mol. The van der Waals surface area contributed by atoms with Gasteiger partial charge in [0, 0.05) is 36.8 Å². The zero-order chi connectivity index (χ0) is 20.8. The fraction of sp³-hybridized carbons (Fsp3) is 0.348. The summed E-state index contributed by atoms with van der Waals surface area (Å²) in [5, 5.41) is 8.31. The third-order valence-corrected chi connectivity index (χ3v) is 4.88. The van der Waals surface area contributed by atoms with E-state index in [9.17, 15) is 4.79 Å². The normalized spacial score (nSPS) is 11.4.